The summed E-state index contributed by atoms with van der Waals surface area (Å²) >= 11 is 0. The van der Waals surface area contributed by atoms with Gasteiger partial charge in [0.15, 0.2) is 0 Å². The van der Waals surface area contributed by atoms with Crippen molar-refractivity contribution in [2.45, 2.75) is 26.7 Å². The summed E-state index contributed by atoms with van der Waals surface area (Å²) in [7, 11) is 0. The van der Waals surface area contributed by atoms with Crippen LogP contribution in [0.5, 0.6) is 5.75 Å². The van der Waals surface area contributed by atoms with Gasteiger partial charge >= 0.3 is 0 Å². The summed E-state index contributed by atoms with van der Waals surface area (Å²) in [5, 5.41) is 2.77. The highest BCUT2D eigenvalue weighted by atomic mass is 16.5. The zero-order valence-electron chi connectivity index (χ0n) is 16.2. The number of amides is 3. The minimum Gasteiger partial charge on any atom is -0.492 e. The van der Waals surface area contributed by atoms with E-state index in [9.17, 15) is 14.4 Å². The molecule has 0 spiro atoms. The molecular weight excluding hydrogens is 356 g/mol. The van der Waals surface area contributed by atoms with E-state index in [4.69, 9.17) is 4.74 Å². The molecule has 0 radical (unpaired) electrons. The number of hydrogen-bond acceptors (Lipinski definition) is 4. The molecule has 0 saturated heterocycles. The Labute approximate surface area is 164 Å². The van der Waals surface area contributed by atoms with Crippen molar-refractivity contribution in [3.63, 3.8) is 0 Å². The maximum Gasteiger partial charge on any atom is 0.261 e. The quantitative estimate of drug-likeness (QED) is 0.564. The Hall–Kier alpha value is -3.15. The first kappa shape index (κ1) is 19.6. The van der Waals surface area contributed by atoms with Crippen LogP contribution in [0.15, 0.2) is 42.5 Å². The summed E-state index contributed by atoms with van der Waals surface area (Å²) in [5.41, 5.74) is 2.16. The Morgan fingerprint density at radius 2 is 1.75 bits per heavy atom. The average Bonchev–Trinajstić information content (AvgIpc) is 2.94. The van der Waals surface area contributed by atoms with Crippen molar-refractivity contribution >= 4 is 17.7 Å². The summed E-state index contributed by atoms with van der Waals surface area (Å²) in [4.78, 5) is 38.5. The largest absolute Gasteiger partial charge is 0.492 e. The van der Waals surface area contributed by atoms with Crippen LogP contribution in [0.4, 0.5) is 0 Å². The molecule has 0 aliphatic carbocycles. The van der Waals surface area contributed by atoms with E-state index in [1.807, 2.05) is 38.1 Å². The number of nitrogens with one attached hydrogen (secondary N) is 1. The van der Waals surface area contributed by atoms with Gasteiger partial charge in [-0.25, -0.2) is 0 Å². The van der Waals surface area contributed by atoms with Crippen LogP contribution in [0.25, 0.3) is 0 Å². The molecule has 6 heteroatoms. The molecule has 146 valence electrons. The second kappa shape index (κ2) is 8.69. The molecule has 0 bridgehead atoms. The fourth-order valence-electron chi connectivity index (χ4n) is 3.02. The van der Waals surface area contributed by atoms with E-state index in [1.54, 1.807) is 12.1 Å². The van der Waals surface area contributed by atoms with Gasteiger partial charge in [0.1, 0.15) is 12.4 Å². The summed E-state index contributed by atoms with van der Waals surface area (Å²) in [6.45, 7) is 5.08. The number of rotatable bonds is 8. The lowest BCUT2D eigenvalue weighted by Crippen LogP contribution is -2.30. The maximum absolute atomic E-state index is 12.5. The molecule has 28 heavy (non-hydrogen) atoms. The normalized spacial score (nSPS) is 12.9. The predicted molar refractivity (Wildman–Crippen MR) is 106 cm³/mol. The van der Waals surface area contributed by atoms with E-state index in [-0.39, 0.29) is 17.7 Å². The summed E-state index contributed by atoms with van der Waals surface area (Å²) in [6, 6.07) is 12.3. The van der Waals surface area contributed by atoms with Crippen molar-refractivity contribution < 1.29 is 19.1 Å². The first-order valence-electron chi connectivity index (χ1n) is 9.49. The number of carbonyl (C=O) groups is 3. The Morgan fingerprint density at radius 3 is 2.46 bits per heavy atom. The Balaban J connectivity index is 1.57. The molecule has 1 heterocycles. The van der Waals surface area contributed by atoms with Crippen LogP contribution >= 0.6 is 0 Å². The van der Waals surface area contributed by atoms with Gasteiger partial charge < -0.3 is 10.1 Å². The third-order valence-corrected chi connectivity index (χ3v) is 4.65. The van der Waals surface area contributed by atoms with Gasteiger partial charge in [0, 0.05) is 12.1 Å². The van der Waals surface area contributed by atoms with E-state index < -0.39 is 0 Å². The first-order chi connectivity index (χ1) is 13.5. The Kier molecular flexibility index (Phi) is 6.09. The van der Waals surface area contributed by atoms with Crippen molar-refractivity contribution in [3.05, 3.63) is 64.7 Å². The second-order valence-electron chi connectivity index (χ2n) is 6.79. The first-order valence-corrected chi connectivity index (χ1v) is 9.49. The SMILES string of the molecule is CCCCN1C(=O)c2ccc(C(=O)NCCOc3ccc(C)cc3)cc2C1=O. The highest BCUT2D eigenvalue weighted by Gasteiger charge is 2.35. The lowest BCUT2D eigenvalue weighted by Gasteiger charge is -2.12. The van der Waals surface area contributed by atoms with Gasteiger partial charge in [-0.15, -0.1) is 0 Å². The highest BCUT2D eigenvalue weighted by molar-refractivity contribution is 6.22. The van der Waals surface area contributed by atoms with Crippen LogP contribution in [-0.2, 0) is 0 Å². The average molecular weight is 380 g/mol. The Morgan fingerprint density at radius 1 is 1.04 bits per heavy atom. The molecule has 1 aliphatic rings. The molecular formula is C22H24N2O4. The minimum atomic E-state index is -0.328. The number of aryl methyl sites for hydroxylation is 1. The fourth-order valence-corrected chi connectivity index (χ4v) is 3.02. The number of ether oxygens (including phenoxy) is 1. The lowest BCUT2D eigenvalue weighted by atomic mass is 10.1. The van der Waals surface area contributed by atoms with E-state index in [0.29, 0.717) is 36.4 Å². The van der Waals surface area contributed by atoms with Gasteiger partial charge in [0.05, 0.1) is 17.7 Å². The summed E-state index contributed by atoms with van der Waals surface area (Å²) < 4.78 is 5.58. The maximum atomic E-state index is 12.5. The van der Waals surface area contributed by atoms with Crippen molar-refractivity contribution in [1.82, 2.24) is 10.2 Å². The van der Waals surface area contributed by atoms with Crippen LogP contribution in [0, 0.1) is 6.92 Å². The standard InChI is InChI=1S/C22H24N2O4/c1-3-4-12-24-21(26)18-10-7-16(14-19(18)22(24)27)20(25)23-11-13-28-17-8-5-15(2)6-9-17/h5-10,14H,3-4,11-13H2,1-2H3,(H,23,25). The van der Waals surface area contributed by atoms with E-state index >= 15 is 0 Å². The summed E-state index contributed by atoms with van der Waals surface area (Å²) in [5.74, 6) is -0.172. The van der Waals surface area contributed by atoms with E-state index in [1.165, 1.54) is 11.0 Å². The number of carbonyl (C=O) groups excluding carboxylic acids is 3. The molecule has 0 aromatic heterocycles. The predicted octanol–water partition coefficient (Wildman–Crippen LogP) is 3.20. The number of nitrogens with zero attached hydrogens (tertiary/aromatic N) is 1. The number of imide groups is 1. The van der Waals surface area contributed by atoms with E-state index in [0.717, 1.165) is 24.2 Å². The van der Waals surface area contributed by atoms with Gasteiger partial charge in [0.25, 0.3) is 17.7 Å². The molecule has 2 aromatic rings. The molecule has 2 aromatic carbocycles. The third kappa shape index (κ3) is 4.22. The summed E-state index contributed by atoms with van der Waals surface area (Å²) in [6.07, 6.45) is 1.66. The number of benzene rings is 2. The van der Waals surface area contributed by atoms with Gasteiger partial charge in [-0.05, 0) is 43.7 Å². The molecule has 0 fully saturated rings. The molecule has 0 saturated carbocycles. The topological polar surface area (TPSA) is 75.7 Å². The monoisotopic (exact) mass is 380 g/mol. The minimum absolute atomic E-state index is 0.285. The molecule has 3 amide bonds. The van der Waals surface area contributed by atoms with Crippen LogP contribution in [0.2, 0.25) is 0 Å². The van der Waals surface area contributed by atoms with Crippen molar-refractivity contribution in [2.24, 2.45) is 0 Å². The Bertz CT molecular complexity index is 890. The lowest BCUT2D eigenvalue weighted by molar-refractivity contribution is 0.0652. The van der Waals surface area contributed by atoms with Crippen LogP contribution in [-0.4, -0.2) is 42.3 Å². The molecule has 0 atom stereocenters. The van der Waals surface area contributed by atoms with Gasteiger partial charge in [-0.1, -0.05) is 31.0 Å². The zero-order valence-corrected chi connectivity index (χ0v) is 16.2. The van der Waals surface area contributed by atoms with Gasteiger partial charge in [-0.2, -0.15) is 0 Å². The molecule has 1 aliphatic heterocycles. The fraction of sp³-hybridized carbons (Fsp3) is 0.318. The van der Waals surface area contributed by atoms with Gasteiger partial charge in [-0.3, -0.25) is 19.3 Å². The molecule has 3 rings (SSSR count). The molecule has 0 unspecified atom stereocenters. The van der Waals surface area contributed by atoms with Crippen LogP contribution in [0.1, 0.15) is 56.4 Å². The highest BCUT2D eigenvalue weighted by Crippen LogP contribution is 2.24. The third-order valence-electron chi connectivity index (χ3n) is 4.65. The molecule has 6 nitrogen and oxygen atoms in total. The smallest absolute Gasteiger partial charge is 0.261 e. The van der Waals surface area contributed by atoms with Crippen molar-refractivity contribution in [3.8, 4) is 5.75 Å². The second-order valence-corrected chi connectivity index (χ2v) is 6.79. The molecule has 1 N–H and O–H groups in total. The van der Waals surface area contributed by atoms with Crippen molar-refractivity contribution in [2.75, 3.05) is 19.7 Å². The van der Waals surface area contributed by atoms with Crippen molar-refractivity contribution in [1.29, 1.82) is 0 Å². The number of fused-ring (bicyclic) bond motifs is 1. The van der Waals surface area contributed by atoms with Gasteiger partial charge in [0.2, 0.25) is 0 Å². The van der Waals surface area contributed by atoms with E-state index in [2.05, 4.69) is 5.32 Å². The van der Waals surface area contributed by atoms with Crippen LogP contribution in [0.3, 0.4) is 0 Å². The van der Waals surface area contributed by atoms with Crippen LogP contribution < -0.4 is 10.1 Å². The zero-order chi connectivity index (χ0) is 20.1. The number of unbranched alkanes of at least 4 members (excludes halogenated alkanes) is 1. The number of hydrogen-bond donors (Lipinski definition) is 1.